The van der Waals surface area contributed by atoms with Crippen LogP contribution >= 0.6 is 0 Å². The summed E-state index contributed by atoms with van der Waals surface area (Å²) in [4.78, 5) is 30.2. The Kier molecular flexibility index (Phi) is 4.31. The Labute approximate surface area is 140 Å². The van der Waals surface area contributed by atoms with Crippen LogP contribution in [0.3, 0.4) is 0 Å². The number of hydrogen-bond donors (Lipinski definition) is 1. The van der Waals surface area contributed by atoms with E-state index in [1.807, 2.05) is 0 Å². The van der Waals surface area contributed by atoms with E-state index in [9.17, 15) is 18.0 Å². The molecule has 8 nitrogen and oxygen atoms in total. The molecular formula is C15H20N4O4S. The molecule has 0 saturated carbocycles. The lowest BCUT2D eigenvalue weighted by Crippen LogP contribution is -2.49. The van der Waals surface area contributed by atoms with Crippen LogP contribution in [0.4, 0.5) is 0 Å². The zero-order valence-electron chi connectivity index (χ0n) is 13.5. The number of hydrogen-bond acceptors (Lipinski definition) is 5. The molecule has 1 aromatic heterocycles. The minimum atomic E-state index is -3.55. The second-order valence-corrected chi connectivity index (χ2v) is 8.13. The third-order valence-corrected chi connectivity index (χ3v) is 5.99. The minimum absolute atomic E-state index is 0.0392. The molecule has 130 valence electrons. The molecule has 0 aromatic carbocycles. The molecule has 24 heavy (non-hydrogen) atoms. The normalized spacial score (nSPS) is 27.1. The topological polar surface area (TPSA) is 99.7 Å². The van der Waals surface area contributed by atoms with Gasteiger partial charge in [-0.2, -0.15) is 4.31 Å². The van der Waals surface area contributed by atoms with Gasteiger partial charge in [0.2, 0.25) is 15.9 Å². The molecule has 9 heteroatoms. The number of amides is 2. The van der Waals surface area contributed by atoms with Crippen LogP contribution in [0.5, 0.6) is 0 Å². The van der Waals surface area contributed by atoms with E-state index in [2.05, 4.69) is 10.3 Å². The average molecular weight is 352 g/mol. The van der Waals surface area contributed by atoms with Crippen LogP contribution in [0.2, 0.25) is 0 Å². The highest BCUT2D eigenvalue weighted by atomic mass is 32.2. The summed E-state index contributed by atoms with van der Waals surface area (Å²) in [6.45, 7) is 0.733. The van der Waals surface area contributed by atoms with Gasteiger partial charge in [0, 0.05) is 38.6 Å². The molecule has 2 amide bonds. The van der Waals surface area contributed by atoms with Crippen molar-refractivity contribution < 1.29 is 18.0 Å². The van der Waals surface area contributed by atoms with Gasteiger partial charge in [0.15, 0.2) is 0 Å². The number of pyridine rings is 1. The Morgan fingerprint density at radius 3 is 2.67 bits per heavy atom. The molecule has 2 saturated heterocycles. The monoisotopic (exact) mass is 352 g/mol. The third-order valence-electron chi connectivity index (χ3n) is 4.69. The van der Waals surface area contributed by atoms with E-state index in [1.165, 1.54) is 17.5 Å². The van der Waals surface area contributed by atoms with Crippen LogP contribution in [0.15, 0.2) is 24.5 Å². The molecule has 0 bridgehead atoms. The van der Waals surface area contributed by atoms with Crippen LogP contribution in [0.25, 0.3) is 0 Å². The second-order valence-electron chi connectivity index (χ2n) is 6.24. The fraction of sp³-hybridized carbons (Fsp3) is 0.533. The standard InChI is InChI=1S/C15H20N4O4S/c1-16-14(20)12-6-11-8-18(9-13(11)19(12)24(2,22)23)15(21)10-4-3-5-17-7-10/h3-5,7,11-13H,6,8-9H2,1-2H3,(H,16,20)/t11-,12-,13+/m0/s1. The number of fused-ring (bicyclic) bond motifs is 1. The first-order valence-electron chi connectivity index (χ1n) is 7.72. The van der Waals surface area contributed by atoms with Crippen molar-refractivity contribution >= 4 is 21.8 Å². The van der Waals surface area contributed by atoms with Crippen molar-refractivity contribution in [2.24, 2.45) is 5.92 Å². The van der Waals surface area contributed by atoms with Gasteiger partial charge in [0.05, 0.1) is 11.8 Å². The first kappa shape index (κ1) is 16.8. The van der Waals surface area contributed by atoms with Crippen LogP contribution in [0.1, 0.15) is 16.8 Å². The maximum Gasteiger partial charge on any atom is 0.255 e. The maximum atomic E-state index is 12.5. The largest absolute Gasteiger partial charge is 0.358 e. The lowest BCUT2D eigenvalue weighted by atomic mass is 10.0. The van der Waals surface area contributed by atoms with E-state index >= 15 is 0 Å². The van der Waals surface area contributed by atoms with Crippen molar-refractivity contribution in [3.63, 3.8) is 0 Å². The molecular weight excluding hydrogens is 332 g/mol. The fourth-order valence-electron chi connectivity index (χ4n) is 3.70. The Bertz CT molecular complexity index is 752. The highest BCUT2D eigenvalue weighted by Gasteiger charge is 2.53. The van der Waals surface area contributed by atoms with Crippen LogP contribution in [0, 0.1) is 5.92 Å². The summed E-state index contributed by atoms with van der Waals surface area (Å²) in [5, 5.41) is 2.52. The number of carbonyl (C=O) groups is 2. The lowest BCUT2D eigenvalue weighted by molar-refractivity contribution is -0.124. The van der Waals surface area contributed by atoms with Crippen molar-refractivity contribution in [3.8, 4) is 0 Å². The summed E-state index contributed by atoms with van der Waals surface area (Å²) in [5.74, 6) is -0.509. The van der Waals surface area contributed by atoms with Crippen molar-refractivity contribution in [2.45, 2.75) is 18.5 Å². The van der Waals surface area contributed by atoms with E-state index < -0.39 is 16.1 Å². The molecule has 0 radical (unpaired) electrons. The number of aromatic nitrogens is 1. The molecule has 0 unspecified atom stereocenters. The highest BCUT2D eigenvalue weighted by Crippen LogP contribution is 2.37. The second kappa shape index (κ2) is 6.14. The minimum Gasteiger partial charge on any atom is -0.358 e. The van der Waals surface area contributed by atoms with Crippen LogP contribution in [-0.4, -0.2) is 72.9 Å². The summed E-state index contributed by atoms with van der Waals surface area (Å²) in [7, 11) is -2.06. The van der Waals surface area contributed by atoms with Crippen LogP contribution < -0.4 is 5.32 Å². The molecule has 2 fully saturated rings. The van der Waals surface area contributed by atoms with Crippen molar-refractivity contribution in [2.75, 3.05) is 26.4 Å². The molecule has 2 aliphatic rings. The molecule has 1 aromatic rings. The number of nitrogens with zero attached hydrogens (tertiary/aromatic N) is 3. The number of carbonyl (C=O) groups excluding carboxylic acids is 2. The number of likely N-dealkylation sites (N-methyl/N-ethyl adjacent to an activating group) is 1. The van der Waals surface area contributed by atoms with Gasteiger partial charge in [-0.3, -0.25) is 14.6 Å². The van der Waals surface area contributed by atoms with Gasteiger partial charge >= 0.3 is 0 Å². The average Bonchev–Trinajstić information content (AvgIpc) is 3.10. The van der Waals surface area contributed by atoms with E-state index in [4.69, 9.17) is 0 Å². The third kappa shape index (κ3) is 2.89. The Balaban J connectivity index is 1.82. The fourth-order valence-corrected chi connectivity index (χ4v) is 5.07. The number of sulfonamides is 1. The van der Waals surface area contributed by atoms with Gasteiger partial charge in [-0.15, -0.1) is 0 Å². The summed E-state index contributed by atoms with van der Waals surface area (Å²) < 4.78 is 25.6. The SMILES string of the molecule is CNC(=O)[C@@H]1C[C@H]2CN(C(=O)c3cccnc3)C[C@H]2N1S(C)(=O)=O. The zero-order chi connectivity index (χ0) is 17.5. The molecule has 3 heterocycles. The zero-order valence-corrected chi connectivity index (χ0v) is 14.4. The summed E-state index contributed by atoms with van der Waals surface area (Å²) in [5.41, 5.74) is 0.478. The summed E-state index contributed by atoms with van der Waals surface area (Å²) in [6.07, 6.45) is 4.62. The van der Waals surface area contributed by atoms with Gasteiger partial charge in [0.1, 0.15) is 6.04 Å². The molecule has 2 aliphatic heterocycles. The van der Waals surface area contributed by atoms with Gasteiger partial charge in [-0.1, -0.05) is 0 Å². The van der Waals surface area contributed by atoms with Gasteiger partial charge in [0.25, 0.3) is 5.91 Å². The Morgan fingerprint density at radius 2 is 2.08 bits per heavy atom. The first-order chi connectivity index (χ1) is 11.3. The molecule has 1 N–H and O–H groups in total. The van der Waals surface area contributed by atoms with Gasteiger partial charge in [-0.25, -0.2) is 8.42 Å². The highest BCUT2D eigenvalue weighted by molar-refractivity contribution is 7.88. The van der Waals surface area contributed by atoms with Gasteiger partial charge in [-0.05, 0) is 24.5 Å². The Morgan fingerprint density at radius 1 is 1.33 bits per heavy atom. The van der Waals surface area contributed by atoms with Gasteiger partial charge < -0.3 is 10.2 Å². The van der Waals surface area contributed by atoms with E-state index in [-0.39, 0.29) is 23.8 Å². The molecule has 0 aliphatic carbocycles. The molecule has 3 rings (SSSR count). The van der Waals surface area contributed by atoms with E-state index in [0.29, 0.717) is 25.1 Å². The van der Waals surface area contributed by atoms with Crippen molar-refractivity contribution in [1.29, 1.82) is 0 Å². The molecule has 0 spiro atoms. The lowest BCUT2D eigenvalue weighted by Gasteiger charge is -2.27. The van der Waals surface area contributed by atoms with Crippen molar-refractivity contribution in [3.05, 3.63) is 30.1 Å². The summed E-state index contributed by atoms with van der Waals surface area (Å²) >= 11 is 0. The Hall–Kier alpha value is -2.00. The molecule has 3 atom stereocenters. The first-order valence-corrected chi connectivity index (χ1v) is 9.57. The maximum absolute atomic E-state index is 12.5. The number of nitrogens with one attached hydrogen (secondary N) is 1. The smallest absolute Gasteiger partial charge is 0.255 e. The predicted molar refractivity (Wildman–Crippen MR) is 86.6 cm³/mol. The quantitative estimate of drug-likeness (QED) is 0.776. The van der Waals surface area contributed by atoms with Crippen LogP contribution in [-0.2, 0) is 14.8 Å². The van der Waals surface area contributed by atoms with Crippen molar-refractivity contribution in [1.82, 2.24) is 19.5 Å². The number of rotatable bonds is 3. The number of likely N-dealkylation sites (tertiary alicyclic amines) is 1. The van der Waals surface area contributed by atoms with E-state index in [0.717, 1.165) is 6.26 Å². The predicted octanol–water partition coefficient (Wildman–Crippen LogP) is -0.698. The summed E-state index contributed by atoms with van der Waals surface area (Å²) in [6, 6.07) is 2.32. The van der Waals surface area contributed by atoms with E-state index in [1.54, 1.807) is 23.2 Å².